The number of carbonyl (C=O) groups excluding carboxylic acids is 2. The molecule has 0 spiro atoms. The number of para-hydroxylation sites is 1. The van der Waals surface area contributed by atoms with Gasteiger partial charge in [-0.3, -0.25) is 14.5 Å². The Morgan fingerprint density at radius 3 is 2.67 bits per heavy atom. The largest absolute Gasteiger partial charge is 0.366 e. The Labute approximate surface area is 168 Å². The van der Waals surface area contributed by atoms with Crippen LogP contribution in [0.3, 0.4) is 0 Å². The van der Waals surface area contributed by atoms with Crippen LogP contribution in [0, 0.1) is 0 Å². The summed E-state index contributed by atoms with van der Waals surface area (Å²) in [6.45, 7) is 1.35. The molecule has 0 aliphatic carbocycles. The highest BCUT2D eigenvalue weighted by Crippen LogP contribution is 2.30. The summed E-state index contributed by atoms with van der Waals surface area (Å²) in [7, 11) is 2.08. The maximum absolute atomic E-state index is 13.4. The molecule has 1 aliphatic rings. The van der Waals surface area contributed by atoms with Gasteiger partial charge < -0.3 is 10.6 Å². The van der Waals surface area contributed by atoms with Gasteiger partial charge in [-0.15, -0.1) is 0 Å². The number of anilines is 1. The van der Waals surface area contributed by atoms with Crippen molar-refractivity contribution in [3.8, 4) is 0 Å². The molecule has 0 bridgehead atoms. The van der Waals surface area contributed by atoms with E-state index in [0.29, 0.717) is 12.1 Å². The Bertz CT molecular complexity index is 874. The van der Waals surface area contributed by atoms with E-state index in [0.717, 1.165) is 23.5 Å². The molecule has 0 radical (unpaired) electrons. The van der Waals surface area contributed by atoms with Crippen molar-refractivity contribution in [1.82, 2.24) is 4.90 Å². The zero-order chi connectivity index (χ0) is 19.6. The van der Waals surface area contributed by atoms with Crippen molar-refractivity contribution in [2.75, 3.05) is 30.5 Å². The number of primary amides is 1. The Balaban J connectivity index is 2.02. The van der Waals surface area contributed by atoms with Gasteiger partial charge >= 0.3 is 0 Å². The number of amides is 2. The van der Waals surface area contributed by atoms with E-state index in [1.165, 1.54) is 12.1 Å². The van der Waals surface area contributed by atoms with Crippen LogP contribution in [0.4, 0.5) is 5.69 Å². The lowest BCUT2D eigenvalue weighted by Gasteiger charge is -2.29. The minimum absolute atomic E-state index is 0.176. The lowest BCUT2D eigenvalue weighted by molar-refractivity contribution is 0.0976. The van der Waals surface area contributed by atoms with Gasteiger partial charge in [-0.1, -0.05) is 29.8 Å². The molecule has 1 heterocycles. The minimum atomic E-state index is -0.572. The highest BCUT2D eigenvalue weighted by molar-refractivity contribution is 7.98. The van der Waals surface area contributed by atoms with E-state index < -0.39 is 5.91 Å². The Kier molecular flexibility index (Phi) is 6.09. The Morgan fingerprint density at radius 2 is 2.00 bits per heavy atom. The molecule has 1 unspecified atom stereocenters. The molecule has 0 fully saturated rings. The van der Waals surface area contributed by atoms with Crippen molar-refractivity contribution in [2.24, 2.45) is 5.73 Å². The third-order valence-corrected chi connectivity index (χ3v) is 5.84. The number of hydrogen-bond donors (Lipinski definition) is 1. The molecular formula is C20H22ClN3O2S. The quantitative estimate of drug-likeness (QED) is 0.850. The summed E-state index contributed by atoms with van der Waals surface area (Å²) in [5.41, 5.74) is 7.95. The summed E-state index contributed by atoms with van der Waals surface area (Å²) in [5, 5.41) is 0.229. The van der Waals surface area contributed by atoms with Gasteiger partial charge in [-0.25, -0.2) is 0 Å². The molecule has 142 valence electrons. The molecule has 0 saturated carbocycles. The van der Waals surface area contributed by atoms with Crippen molar-refractivity contribution in [3.05, 3.63) is 64.2 Å². The van der Waals surface area contributed by atoms with E-state index in [1.807, 2.05) is 24.3 Å². The van der Waals surface area contributed by atoms with Crippen molar-refractivity contribution >= 4 is 40.9 Å². The first kappa shape index (κ1) is 19.7. The van der Waals surface area contributed by atoms with Crippen LogP contribution in [0.15, 0.2) is 42.5 Å². The number of rotatable bonds is 4. The number of benzene rings is 2. The van der Waals surface area contributed by atoms with Gasteiger partial charge in [0, 0.05) is 36.1 Å². The SMILES string of the molecule is CSCC1CN(C(=O)c2ccc(C(N)=O)cc2Cl)c2ccccc2CN1C. The van der Waals surface area contributed by atoms with Crippen LogP contribution in [0.1, 0.15) is 26.3 Å². The molecule has 2 amide bonds. The molecule has 0 aromatic heterocycles. The van der Waals surface area contributed by atoms with E-state index in [9.17, 15) is 9.59 Å². The van der Waals surface area contributed by atoms with Gasteiger partial charge in [-0.05, 0) is 43.1 Å². The topological polar surface area (TPSA) is 66.6 Å². The molecule has 1 atom stereocenters. The third-order valence-electron chi connectivity index (χ3n) is 4.81. The molecule has 5 nitrogen and oxygen atoms in total. The van der Waals surface area contributed by atoms with E-state index in [2.05, 4.69) is 18.2 Å². The lowest BCUT2D eigenvalue weighted by Crippen LogP contribution is -2.43. The molecule has 2 N–H and O–H groups in total. The van der Waals surface area contributed by atoms with Crippen LogP contribution in [0.2, 0.25) is 5.02 Å². The monoisotopic (exact) mass is 403 g/mol. The van der Waals surface area contributed by atoms with Crippen molar-refractivity contribution in [3.63, 3.8) is 0 Å². The fourth-order valence-corrected chi connectivity index (χ4v) is 4.31. The number of hydrogen-bond acceptors (Lipinski definition) is 4. The fourth-order valence-electron chi connectivity index (χ4n) is 3.31. The average molecular weight is 404 g/mol. The summed E-state index contributed by atoms with van der Waals surface area (Å²) < 4.78 is 0. The Hall–Kier alpha value is -2.02. The fraction of sp³-hybridized carbons (Fsp3) is 0.300. The van der Waals surface area contributed by atoms with E-state index >= 15 is 0 Å². The maximum atomic E-state index is 13.4. The number of carbonyl (C=O) groups is 2. The number of fused-ring (bicyclic) bond motifs is 1. The second-order valence-corrected chi connectivity index (χ2v) is 7.95. The standard InChI is InChI=1S/C20H22ClN3O2S/c1-23-10-14-5-3-4-6-18(14)24(11-15(23)12-27-2)20(26)16-8-7-13(19(22)25)9-17(16)21/h3-9,15H,10-12H2,1-2H3,(H2,22,25). The van der Waals surface area contributed by atoms with E-state index in [4.69, 9.17) is 17.3 Å². The van der Waals surface area contributed by atoms with Gasteiger partial charge in [0.15, 0.2) is 0 Å². The average Bonchev–Trinajstić information content (AvgIpc) is 2.78. The second kappa shape index (κ2) is 8.33. The van der Waals surface area contributed by atoms with Gasteiger partial charge in [0.2, 0.25) is 5.91 Å². The van der Waals surface area contributed by atoms with E-state index in [-0.39, 0.29) is 22.5 Å². The van der Waals surface area contributed by atoms with Crippen LogP contribution in [0.5, 0.6) is 0 Å². The summed E-state index contributed by atoms with van der Waals surface area (Å²) in [6, 6.07) is 12.7. The molecule has 2 aromatic carbocycles. The summed E-state index contributed by atoms with van der Waals surface area (Å²) in [6.07, 6.45) is 2.07. The second-order valence-electron chi connectivity index (χ2n) is 6.63. The first-order chi connectivity index (χ1) is 12.9. The van der Waals surface area contributed by atoms with Crippen LogP contribution in [-0.2, 0) is 6.54 Å². The van der Waals surface area contributed by atoms with Crippen molar-refractivity contribution < 1.29 is 9.59 Å². The van der Waals surface area contributed by atoms with Gasteiger partial charge in [0.1, 0.15) is 0 Å². The number of likely N-dealkylation sites (N-methyl/N-ethyl adjacent to an activating group) is 1. The first-order valence-electron chi connectivity index (χ1n) is 8.60. The van der Waals surface area contributed by atoms with Gasteiger partial charge in [0.05, 0.1) is 10.6 Å². The Morgan fingerprint density at radius 1 is 1.26 bits per heavy atom. The molecule has 27 heavy (non-hydrogen) atoms. The predicted molar refractivity (Wildman–Crippen MR) is 112 cm³/mol. The molecule has 0 saturated heterocycles. The van der Waals surface area contributed by atoms with Crippen LogP contribution in [0.25, 0.3) is 0 Å². The van der Waals surface area contributed by atoms with Gasteiger partial charge in [-0.2, -0.15) is 11.8 Å². The zero-order valence-corrected chi connectivity index (χ0v) is 16.9. The summed E-state index contributed by atoms with van der Waals surface area (Å²) >= 11 is 8.07. The molecular weight excluding hydrogens is 382 g/mol. The van der Waals surface area contributed by atoms with Crippen LogP contribution >= 0.6 is 23.4 Å². The first-order valence-corrected chi connectivity index (χ1v) is 10.4. The van der Waals surface area contributed by atoms with Crippen LogP contribution < -0.4 is 10.6 Å². The number of halogens is 1. The number of thioether (sulfide) groups is 1. The van der Waals surface area contributed by atoms with E-state index in [1.54, 1.807) is 22.7 Å². The number of nitrogens with two attached hydrogens (primary N) is 1. The molecule has 2 aromatic rings. The van der Waals surface area contributed by atoms with Crippen molar-refractivity contribution in [2.45, 2.75) is 12.6 Å². The lowest BCUT2D eigenvalue weighted by atomic mass is 10.1. The minimum Gasteiger partial charge on any atom is -0.366 e. The maximum Gasteiger partial charge on any atom is 0.259 e. The summed E-state index contributed by atoms with van der Waals surface area (Å²) in [4.78, 5) is 28.8. The third kappa shape index (κ3) is 4.13. The summed E-state index contributed by atoms with van der Waals surface area (Å²) in [5.74, 6) is 0.172. The predicted octanol–water partition coefficient (Wildman–Crippen LogP) is 3.26. The smallest absolute Gasteiger partial charge is 0.259 e. The van der Waals surface area contributed by atoms with Gasteiger partial charge in [0.25, 0.3) is 5.91 Å². The molecule has 1 aliphatic heterocycles. The molecule has 3 rings (SSSR count). The zero-order valence-electron chi connectivity index (χ0n) is 15.3. The highest BCUT2D eigenvalue weighted by atomic mass is 35.5. The van der Waals surface area contributed by atoms with Crippen LogP contribution in [-0.4, -0.2) is 48.4 Å². The molecule has 7 heteroatoms. The van der Waals surface area contributed by atoms with Crippen molar-refractivity contribution in [1.29, 1.82) is 0 Å². The number of nitrogens with zero attached hydrogens (tertiary/aromatic N) is 2. The highest BCUT2D eigenvalue weighted by Gasteiger charge is 2.30. The normalized spacial score (nSPS) is 17.3.